The molecule has 5 heteroatoms. The van der Waals surface area contributed by atoms with Gasteiger partial charge in [-0.25, -0.2) is 0 Å². The maximum Gasteiger partial charge on any atom is 0.178 e. The van der Waals surface area contributed by atoms with Crippen LogP contribution < -0.4 is 0 Å². The third kappa shape index (κ3) is 2.51. The van der Waals surface area contributed by atoms with Gasteiger partial charge in [-0.2, -0.15) is 0 Å². The highest BCUT2D eigenvalue weighted by molar-refractivity contribution is 6.83. The topological polar surface area (TPSA) is 36.9 Å². The van der Waals surface area contributed by atoms with Crippen molar-refractivity contribution in [2.45, 2.75) is 55.7 Å². The molecule has 0 amide bonds. The van der Waals surface area contributed by atoms with Crippen LogP contribution >= 0.6 is 0 Å². The van der Waals surface area contributed by atoms with E-state index in [1.807, 2.05) is 7.11 Å². The Bertz CT molecular complexity index is 240. The number of hydrogen-bond acceptors (Lipinski definition) is 4. The van der Waals surface area contributed by atoms with Gasteiger partial charge < -0.3 is 18.9 Å². The molecule has 0 aromatic carbocycles. The first-order valence-electron chi connectivity index (χ1n) is 7.71. The van der Waals surface area contributed by atoms with Gasteiger partial charge in [0.25, 0.3) is 0 Å². The van der Waals surface area contributed by atoms with E-state index in [-0.39, 0.29) is 0 Å². The van der Waals surface area contributed by atoms with Gasteiger partial charge in [0, 0.05) is 33.2 Å². The van der Waals surface area contributed by atoms with Crippen LogP contribution in [0.15, 0.2) is 0 Å². The van der Waals surface area contributed by atoms with Crippen LogP contribution in [0.25, 0.3) is 0 Å². The van der Waals surface area contributed by atoms with E-state index in [1.165, 1.54) is 38.5 Å². The smallest absolute Gasteiger partial charge is 0.178 e. The van der Waals surface area contributed by atoms with Crippen molar-refractivity contribution in [3.8, 4) is 0 Å². The quantitative estimate of drug-likeness (QED) is 0.722. The van der Waals surface area contributed by atoms with Gasteiger partial charge in [0.05, 0.1) is 17.2 Å². The molecule has 19 heavy (non-hydrogen) atoms. The maximum absolute atomic E-state index is 6.12. The Morgan fingerprint density at radius 3 is 1.53 bits per heavy atom. The van der Waals surface area contributed by atoms with Gasteiger partial charge in [-0.05, 0) is 38.5 Å². The molecule has 0 aromatic rings. The Labute approximate surface area is 116 Å². The summed E-state index contributed by atoms with van der Waals surface area (Å²) in [5, 5.41) is 0. The highest BCUT2D eigenvalue weighted by Gasteiger charge is 2.58. The van der Waals surface area contributed by atoms with E-state index in [2.05, 4.69) is 0 Å². The van der Waals surface area contributed by atoms with Crippen molar-refractivity contribution in [1.82, 2.24) is 0 Å². The lowest BCUT2D eigenvalue weighted by Gasteiger charge is -2.43. The van der Waals surface area contributed by atoms with Gasteiger partial charge in [0.15, 0.2) is 8.07 Å². The molecule has 0 aromatic heterocycles. The molecule has 0 spiro atoms. The lowest BCUT2D eigenvalue weighted by molar-refractivity contribution is 0.0809. The fourth-order valence-electron chi connectivity index (χ4n) is 4.16. The molecule has 0 aliphatic carbocycles. The molecule has 0 radical (unpaired) electrons. The summed E-state index contributed by atoms with van der Waals surface area (Å²) in [6.45, 7) is 2.72. The summed E-state index contributed by atoms with van der Waals surface area (Å²) in [6.07, 6.45) is 7.90. The van der Waals surface area contributed by atoms with Crippen LogP contribution in [0, 0.1) is 0 Å². The minimum absolute atomic E-state index is 0.374. The standard InChI is InChI=1S/C14H26O4Si/c1-15-11-19(12-5-2-8-16-12,13-6-3-9-17-13)14-7-4-10-18-14/h12-14H,2-11H2,1H3. The summed E-state index contributed by atoms with van der Waals surface area (Å²) in [5.74, 6) is 0. The first kappa shape index (κ1) is 14.0. The number of methoxy groups -OCH3 is 1. The zero-order chi connectivity index (χ0) is 13.1. The van der Waals surface area contributed by atoms with E-state index in [0.29, 0.717) is 17.2 Å². The summed E-state index contributed by atoms with van der Waals surface area (Å²) >= 11 is 0. The molecule has 0 saturated carbocycles. The van der Waals surface area contributed by atoms with Crippen LogP contribution in [-0.4, -0.2) is 58.4 Å². The lowest BCUT2D eigenvalue weighted by Crippen LogP contribution is -2.68. The summed E-state index contributed by atoms with van der Waals surface area (Å²) in [6, 6.07) is 0. The molecule has 0 bridgehead atoms. The molecule has 3 aliphatic rings. The third-order valence-corrected chi connectivity index (χ3v) is 10.7. The zero-order valence-corrected chi connectivity index (χ0v) is 12.9. The normalized spacial score (nSPS) is 38.7. The van der Waals surface area contributed by atoms with E-state index in [0.717, 1.165) is 26.1 Å². The molecule has 110 valence electrons. The number of hydrogen-bond donors (Lipinski definition) is 0. The van der Waals surface area contributed by atoms with Crippen LogP contribution in [0.2, 0.25) is 0 Å². The van der Waals surface area contributed by atoms with Crippen LogP contribution in [0.5, 0.6) is 0 Å². The molecule has 3 unspecified atom stereocenters. The van der Waals surface area contributed by atoms with E-state index in [1.54, 1.807) is 0 Å². The summed E-state index contributed by atoms with van der Waals surface area (Å²) in [5.41, 5.74) is 1.12. The largest absolute Gasteiger partial charge is 0.388 e. The predicted octanol–water partition coefficient (Wildman–Crippen LogP) is 1.78. The second-order valence-corrected chi connectivity index (χ2v) is 10.5. The Morgan fingerprint density at radius 1 is 0.842 bits per heavy atom. The molecule has 4 nitrogen and oxygen atoms in total. The predicted molar refractivity (Wildman–Crippen MR) is 74.6 cm³/mol. The highest BCUT2D eigenvalue weighted by atomic mass is 28.3. The van der Waals surface area contributed by atoms with Gasteiger partial charge in [0.2, 0.25) is 0 Å². The van der Waals surface area contributed by atoms with Gasteiger partial charge in [-0.1, -0.05) is 0 Å². The van der Waals surface area contributed by atoms with Crippen molar-refractivity contribution < 1.29 is 18.9 Å². The van der Waals surface area contributed by atoms with Gasteiger partial charge in [-0.3, -0.25) is 0 Å². The second kappa shape index (κ2) is 6.22. The molecule has 3 rings (SSSR count). The van der Waals surface area contributed by atoms with Crippen LogP contribution in [0.3, 0.4) is 0 Å². The minimum atomic E-state index is -1.89. The Kier molecular flexibility index (Phi) is 4.59. The molecule has 0 N–H and O–H groups in total. The summed E-state index contributed by atoms with van der Waals surface area (Å²) in [4.78, 5) is 0. The first-order chi connectivity index (χ1) is 9.38. The third-order valence-electron chi connectivity index (χ3n) is 4.98. The van der Waals surface area contributed by atoms with E-state index < -0.39 is 8.07 Å². The van der Waals surface area contributed by atoms with Crippen LogP contribution in [0.1, 0.15) is 38.5 Å². The average Bonchev–Trinajstić information content (AvgIpc) is 3.18. The highest BCUT2D eigenvalue weighted by Crippen LogP contribution is 2.38. The van der Waals surface area contributed by atoms with Gasteiger partial charge in [-0.15, -0.1) is 0 Å². The summed E-state index contributed by atoms with van der Waals surface area (Å²) in [7, 11) is -0.0652. The monoisotopic (exact) mass is 286 g/mol. The van der Waals surface area contributed by atoms with Crippen molar-refractivity contribution in [2.24, 2.45) is 0 Å². The van der Waals surface area contributed by atoms with Crippen LogP contribution in [-0.2, 0) is 18.9 Å². The van der Waals surface area contributed by atoms with Crippen molar-refractivity contribution in [3.63, 3.8) is 0 Å². The zero-order valence-electron chi connectivity index (χ0n) is 11.9. The molecule has 3 atom stereocenters. The summed E-state index contributed by atoms with van der Waals surface area (Å²) < 4.78 is 24.0. The van der Waals surface area contributed by atoms with Gasteiger partial charge in [0.1, 0.15) is 0 Å². The Morgan fingerprint density at radius 2 is 1.26 bits per heavy atom. The molecule has 3 aliphatic heterocycles. The van der Waals surface area contributed by atoms with Crippen molar-refractivity contribution in [3.05, 3.63) is 0 Å². The Hall–Kier alpha value is 0.0569. The lowest BCUT2D eigenvalue weighted by atomic mass is 10.4. The fourth-order valence-corrected chi connectivity index (χ4v) is 9.97. The Balaban J connectivity index is 1.88. The second-order valence-electron chi connectivity index (χ2n) is 6.05. The number of ether oxygens (including phenoxy) is 4. The van der Waals surface area contributed by atoms with E-state index in [4.69, 9.17) is 18.9 Å². The SMILES string of the molecule is COC[Si](C1CCCO1)(C1CCCO1)C1CCCO1. The van der Waals surface area contributed by atoms with Crippen molar-refractivity contribution in [1.29, 1.82) is 0 Å². The minimum Gasteiger partial charge on any atom is -0.388 e. The molecule has 3 fully saturated rings. The molecular formula is C14H26O4Si. The van der Waals surface area contributed by atoms with E-state index >= 15 is 0 Å². The fraction of sp³-hybridized carbons (Fsp3) is 1.00. The molecule has 3 heterocycles. The van der Waals surface area contributed by atoms with Crippen LogP contribution in [0.4, 0.5) is 0 Å². The first-order valence-corrected chi connectivity index (χ1v) is 10.2. The van der Waals surface area contributed by atoms with Gasteiger partial charge >= 0.3 is 0 Å². The number of rotatable bonds is 5. The molecule has 3 saturated heterocycles. The maximum atomic E-state index is 6.12. The average molecular weight is 286 g/mol. The molecular weight excluding hydrogens is 260 g/mol. The van der Waals surface area contributed by atoms with E-state index in [9.17, 15) is 0 Å². The van der Waals surface area contributed by atoms with Crippen molar-refractivity contribution >= 4 is 8.07 Å². The van der Waals surface area contributed by atoms with Crippen molar-refractivity contribution in [2.75, 3.05) is 33.2 Å².